The second-order valence-electron chi connectivity index (χ2n) is 3.38. The topological polar surface area (TPSA) is 75.7 Å². The SMILES string of the molecule is COC(=O)CN1CC[C@@H](NC(C)=O)C1=O. The highest BCUT2D eigenvalue weighted by Gasteiger charge is 2.33. The lowest BCUT2D eigenvalue weighted by Crippen LogP contribution is -2.42. The Morgan fingerprint density at radius 3 is 2.80 bits per heavy atom. The minimum absolute atomic E-state index is 0.0502. The molecule has 0 bridgehead atoms. The van der Waals surface area contributed by atoms with Crippen LogP contribution in [0.25, 0.3) is 0 Å². The smallest absolute Gasteiger partial charge is 0.325 e. The van der Waals surface area contributed by atoms with Gasteiger partial charge in [0, 0.05) is 13.5 Å². The molecule has 1 aliphatic rings. The number of esters is 1. The van der Waals surface area contributed by atoms with Crippen LogP contribution in [0.5, 0.6) is 0 Å². The maximum Gasteiger partial charge on any atom is 0.325 e. The van der Waals surface area contributed by atoms with Crippen molar-refractivity contribution in [3.63, 3.8) is 0 Å². The van der Waals surface area contributed by atoms with E-state index in [4.69, 9.17) is 0 Å². The number of hydrogen-bond donors (Lipinski definition) is 1. The van der Waals surface area contributed by atoms with Gasteiger partial charge >= 0.3 is 5.97 Å². The van der Waals surface area contributed by atoms with Crippen LogP contribution in [0.15, 0.2) is 0 Å². The zero-order valence-corrected chi connectivity index (χ0v) is 8.78. The van der Waals surface area contributed by atoms with Gasteiger partial charge in [-0.05, 0) is 6.42 Å². The predicted molar refractivity (Wildman–Crippen MR) is 50.8 cm³/mol. The highest BCUT2D eigenvalue weighted by atomic mass is 16.5. The van der Waals surface area contributed by atoms with Gasteiger partial charge in [0.2, 0.25) is 11.8 Å². The molecule has 2 amide bonds. The average molecular weight is 214 g/mol. The minimum Gasteiger partial charge on any atom is -0.468 e. The van der Waals surface area contributed by atoms with E-state index in [1.807, 2.05) is 0 Å². The fraction of sp³-hybridized carbons (Fsp3) is 0.667. The Morgan fingerprint density at radius 1 is 1.60 bits per heavy atom. The Morgan fingerprint density at radius 2 is 2.27 bits per heavy atom. The van der Waals surface area contributed by atoms with Gasteiger partial charge in [0.25, 0.3) is 0 Å². The highest BCUT2D eigenvalue weighted by Crippen LogP contribution is 2.10. The molecule has 84 valence electrons. The number of hydrogen-bond acceptors (Lipinski definition) is 4. The predicted octanol–water partition coefficient (Wildman–Crippen LogP) is -1.10. The van der Waals surface area contributed by atoms with E-state index in [1.165, 1.54) is 18.9 Å². The first-order valence-corrected chi connectivity index (χ1v) is 4.67. The first-order valence-electron chi connectivity index (χ1n) is 4.67. The average Bonchev–Trinajstić information content (AvgIpc) is 2.49. The van der Waals surface area contributed by atoms with Gasteiger partial charge in [-0.2, -0.15) is 0 Å². The number of ether oxygens (including phenoxy) is 1. The van der Waals surface area contributed by atoms with Crippen LogP contribution in [-0.2, 0) is 19.1 Å². The van der Waals surface area contributed by atoms with Gasteiger partial charge in [-0.3, -0.25) is 14.4 Å². The fourth-order valence-electron chi connectivity index (χ4n) is 1.50. The minimum atomic E-state index is -0.493. The summed E-state index contributed by atoms with van der Waals surface area (Å²) in [6.45, 7) is 1.78. The number of methoxy groups -OCH3 is 1. The highest BCUT2D eigenvalue weighted by molar-refractivity contribution is 5.90. The van der Waals surface area contributed by atoms with Crippen LogP contribution in [-0.4, -0.2) is 48.9 Å². The van der Waals surface area contributed by atoms with Crippen molar-refractivity contribution in [2.45, 2.75) is 19.4 Å². The lowest BCUT2D eigenvalue weighted by molar-refractivity contribution is -0.145. The van der Waals surface area contributed by atoms with Gasteiger partial charge in [0.15, 0.2) is 0 Å². The van der Waals surface area contributed by atoms with Crippen molar-refractivity contribution in [2.24, 2.45) is 0 Å². The maximum atomic E-state index is 11.6. The first kappa shape index (κ1) is 11.5. The molecule has 1 atom stereocenters. The number of likely N-dealkylation sites (tertiary alicyclic amines) is 1. The molecule has 0 unspecified atom stereocenters. The monoisotopic (exact) mass is 214 g/mol. The van der Waals surface area contributed by atoms with E-state index in [9.17, 15) is 14.4 Å². The van der Waals surface area contributed by atoms with E-state index in [0.29, 0.717) is 13.0 Å². The van der Waals surface area contributed by atoms with Crippen LogP contribution in [0.1, 0.15) is 13.3 Å². The van der Waals surface area contributed by atoms with Gasteiger partial charge < -0.3 is 15.0 Å². The summed E-state index contributed by atoms with van der Waals surface area (Å²) >= 11 is 0. The van der Waals surface area contributed by atoms with E-state index in [1.54, 1.807) is 0 Å². The molecule has 15 heavy (non-hydrogen) atoms. The summed E-state index contributed by atoms with van der Waals surface area (Å²) in [4.78, 5) is 34.7. The molecule has 0 radical (unpaired) electrons. The molecule has 1 heterocycles. The molecule has 1 N–H and O–H groups in total. The summed E-state index contributed by atoms with van der Waals surface area (Å²) < 4.78 is 4.46. The number of carbonyl (C=O) groups is 3. The third kappa shape index (κ3) is 2.93. The van der Waals surface area contributed by atoms with Crippen LogP contribution < -0.4 is 5.32 Å². The van der Waals surface area contributed by atoms with Gasteiger partial charge in [-0.1, -0.05) is 0 Å². The Balaban J connectivity index is 2.49. The van der Waals surface area contributed by atoms with Crippen LogP contribution in [0.2, 0.25) is 0 Å². The maximum absolute atomic E-state index is 11.6. The lowest BCUT2D eigenvalue weighted by Gasteiger charge is -2.14. The summed E-state index contributed by atoms with van der Waals surface area (Å²) in [6.07, 6.45) is 0.537. The molecule has 1 fully saturated rings. The molecule has 1 rings (SSSR count). The van der Waals surface area contributed by atoms with Crippen molar-refractivity contribution in [3.05, 3.63) is 0 Å². The summed E-state index contributed by atoms with van der Waals surface area (Å²) in [7, 11) is 1.27. The van der Waals surface area contributed by atoms with Gasteiger partial charge in [-0.15, -0.1) is 0 Å². The molecular formula is C9H14N2O4. The normalized spacial score (nSPS) is 20.3. The molecular weight excluding hydrogens is 200 g/mol. The van der Waals surface area contributed by atoms with E-state index in [2.05, 4.69) is 10.1 Å². The molecule has 6 heteroatoms. The Labute approximate surface area is 87.6 Å². The third-order valence-electron chi connectivity index (χ3n) is 2.22. The molecule has 0 aromatic rings. The van der Waals surface area contributed by atoms with E-state index < -0.39 is 12.0 Å². The molecule has 0 aliphatic carbocycles. The van der Waals surface area contributed by atoms with E-state index in [-0.39, 0.29) is 18.4 Å². The van der Waals surface area contributed by atoms with Crippen molar-refractivity contribution in [1.82, 2.24) is 10.2 Å². The second kappa shape index (κ2) is 4.77. The van der Waals surface area contributed by atoms with E-state index in [0.717, 1.165) is 0 Å². The van der Waals surface area contributed by atoms with Gasteiger partial charge in [0.05, 0.1) is 7.11 Å². The summed E-state index contributed by atoms with van der Waals surface area (Å²) in [5.74, 6) is -0.921. The first-order chi connectivity index (χ1) is 7.04. The Hall–Kier alpha value is -1.59. The number of nitrogens with zero attached hydrogens (tertiary/aromatic N) is 1. The molecule has 0 aromatic carbocycles. The zero-order valence-electron chi connectivity index (χ0n) is 8.78. The molecule has 0 spiro atoms. The number of rotatable bonds is 3. The van der Waals surface area contributed by atoms with E-state index >= 15 is 0 Å². The molecule has 1 saturated heterocycles. The summed E-state index contributed by atoms with van der Waals surface area (Å²) in [5, 5.41) is 2.53. The zero-order chi connectivity index (χ0) is 11.4. The summed E-state index contributed by atoms with van der Waals surface area (Å²) in [6, 6.07) is -0.493. The van der Waals surface area contributed by atoms with Gasteiger partial charge in [-0.25, -0.2) is 0 Å². The van der Waals surface area contributed by atoms with Crippen LogP contribution in [0.4, 0.5) is 0 Å². The Kier molecular flexibility index (Phi) is 3.65. The standard InChI is InChI=1S/C9H14N2O4/c1-6(12)10-7-3-4-11(9(7)14)5-8(13)15-2/h7H,3-5H2,1-2H3,(H,10,12)/t7-/m1/s1. The molecule has 0 aromatic heterocycles. The number of carbonyl (C=O) groups excluding carboxylic acids is 3. The second-order valence-corrected chi connectivity index (χ2v) is 3.38. The fourth-order valence-corrected chi connectivity index (χ4v) is 1.50. The van der Waals surface area contributed by atoms with Crippen molar-refractivity contribution in [2.75, 3.05) is 20.2 Å². The molecule has 0 saturated carbocycles. The lowest BCUT2D eigenvalue weighted by atomic mass is 10.2. The van der Waals surface area contributed by atoms with Crippen molar-refractivity contribution >= 4 is 17.8 Å². The molecule has 6 nitrogen and oxygen atoms in total. The molecule has 1 aliphatic heterocycles. The third-order valence-corrected chi connectivity index (χ3v) is 2.22. The largest absolute Gasteiger partial charge is 0.468 e. The van der Waals surface area contributed by atoms with Crippen molar-refractivity contribution < 1.29 is 19.1 Å². The van der Waals surface area contributed by atoms with Crippen molar-refractivity contribution in [3.8, 4) is 0 Å². The number of nitrogens with one attached hydrogen (secondary N) is 1. The van der Waals surface area contributed by atoms with Crippen LogP contribution in [0, 0.1) is 0 Å². The quantitative estimate of drug-likeness (QED) is 0.605. The van der Waals surface area contributed by atoms with Gasteiger partial charge in [0.1, 0.15) is 12.6 Å². The van der Waals surface area contributed by atoms with Crippen LogP contribution in [0.3, 0.4) is 0 Å². The Bertz CT molecular complexity index is 290. The van der Waals surface area contributed by atoms with Crippen molar-refractivity contribution in [1.29, 1.82) is 0 Å². The number of amides is 2. The van der Waals surface area contributed by atoms with Crippen LogP contribution >= 0.6 is 0 Å². The summed E-state index contributed by atoms with van der Waals surface area (Å²) in [5.41, 5.74) is 0.